The molecule has 0 bridgehead atoms. The molecule has 2 heterocycles. The number of furan rings is 1. The highest BCUT2D eigenvalue weighted by Crippen LogP contribution is 2.55. The van der Waals surface area contributed by atoms with Gasteiger partial charge in [0.2, 0.25) is 11.8 Å². The second kappa shape index (κ2) is 7.52. The second-order valence-electron chi connectivity index (χ2n) is 9.02. The smallest absolute Gasteiger partial charge is 0.233 e. The number of rotatable bonds is 4. The Morgan fingerprint density at radius 2 is 1.91 bits per heavy atom. The Bertz CT molecular complexity index is 1150. The van der Waals surface area contributed by atoms with Gasteiger partial charge in [0.25, 0.3) is 0 Å². The lowest BCUT2D eigenvalue weighted by atomic mass is 9.60. The summed E-state index contributed by atoms with van der Waals surface area (Å²) in [6, 6.07) is 3.36. The molecule has 1 aliphatic heterocycles. The molecule has 1 fully saturated rings. The molecular weight excluding hydrogens is 410 g/mol. The number of aliphatic hydroxyl groups excluding tert-OH is 1. The number of carbonyl (C=O) groups excluding carboxylic acids is 4. The molecule has 0 unspecified atom stereocenters. The van der Waals surface area contributed by atoms with Crippen molar-refractivity contribution in [2.24, 2.45) is 17.8 Å². The molecule has 2 amide bonds. The molecule has 3 aliphatic carbocycles. The number of aliphatic hydroxyl groups is 1. The highest BCUT2D eigenvalue weighted by atomic mass is 16.4. The fraction of sp³-hybridized carbons (Fsp3) is 0.440. The molecule has 7 nitrogen and oxygen atoms in total. The highest BCUT2D eigenvalue weighted by Gasteiger charge is 2.56. The van der Waals surface area contributed by atoms with Gasteiger partial charge in [-0.2, -0.15) is 0 Å². The number of likely N-dealkylation sites (tertiary alicyclic amines) is 1. The lowest BCUT2D eigenvalue weighted by molar-refractivity contribution is -0.140. The van der Waals surface area contributed by atoms with E-state index in [0.717, 1.165) is 5.57 Å². The Hall–Kier alpha value is -3.06. The first-order valence-corrected chi connectivity index (χ1v) is 11.1. The Labute approximate surface area is 185 Å². The van der Waals surface area contributed by atoms with Gasteiger partial charge in [0.1, 0.15) is 18.1 Å². The molecule has 5 rings (SSSR count). The molecule has 32 heavy (non-hydrogen) atoms. The lowest BCUT2D eigenvalue weighted by Crippen LogP contribution is -2.39. The van der Waals surface area contributed by atoms with E-state index in [1.165, 1.54) is 11.0 Å². The number of allylic oxidation sites excluding steroid dienone is 6. The molecule has 4 aliphatic rings. The first kappa shape index (κ1) is 20.8. The SMILES string of the molecule is CCCN1C(=O)[C@H]2[C@H](CC=C3[C@H](c4ccc(CO)o4)C4=C(C[C@H]32)C(=O)C(C)=CC4=O)C1=O. The summed E-state index contributed by atoms with van der Waals surface area (Å²) in [5, 5.41) is 9.47. The van der Waals surface area contributed by atoms with E-state index in [9.17, 15) is 24.3 Å². The van der Waals surface area contributed by atoms with Gasteiger partial charge in [-0.15, -0.1) is 0 Å². The van der Waals surface area contributed by atoms with Crippen LogP contribution in [0.1, 0.15) is 50.5 Å². The van der Waals surface area contributed by atoms with Crippen LogP contribution in [0, 0.1) is 17.8 Å². The number of carbonyl (C=O) groups is 4. The van der Waals surface area contributed by atoms with Crippen molar-refractivity contribution >= 4 is 23.4 Å². The van der Waals surface area contributed by atoms with E-state index in [2.05, 4.69) is 0 Å². The molecule has 1 saturated heterocycles. The number of amides is 2. The third-order valence-corrected chi connectivity index (χ3v) is 7.22. The predicted octanol–water partition coefficient (Wildman–Crippen LogP) is 2.61. The van der Waals surface area contributed by atoms with Gasteiger partial charge in [0, 0.05) is 23.3 Å². The quantitative estimate of drug-likeness (QED) is 0.443. The van der Waals surface area contributed by atoms with Crippen molar-refractivity contribution in [3.63, 3.8) is 0 Å². The fourth-order valence-corrected chi connectivity index (χ4v) is 5.85. The van der Waals surface area contributed by atoms with E-state index < -0.39 is 17.8 Å². The number of ketones is 2. The lowest BCUT2D eigenvalue weighted by Gasteiger charge is -2.41. The van der Waals surface area contributed by atoms with E-state index >= 15 is 0 Å². The van der Waals surface area contributed by atoms with Gasteiger partial charge in [0.05, 0.1) is 17.8 Å². The Kier molecular flexibility index (Phi) is 4.89. The fourth-order valence-electron chi connectivity index (χ4n) is 5.85. The van der Waals surface area contributed by atoms with Crippen LogP contribution >= 0.6 is 0 Å². The van der Waals surface area contributed by atoms with Crippen molar-refractivity contribution in [1.82, 2.24) is 4.90 Å². The Balaban J connectivity index is 1.65. The zero-order valence-corrected chi connectivity index (χ0v) is 18.1. The number of fused-ring (bicyclic) bond motifs is 3. The summed E-state index contributed by atoms with van der Waals surface area (Å²) in [6.45, 7) is 3.66. The van der Waals surface area contributed by atoms with Gasteiger partial charge in [-0.1, -0.05) is 18.6 Å². The molecule has 7 heteroatoms. The summed E-state index contributed by atoms with van der Waals surface area (Å²) in [7, 11) is 0. The minimum Gasteiger partial charge on any atom is -0.463 e. The highest BCUT2D eigenvalue weighted by molar-refractivity contribution is 6.23. The van der Waals surface area contributed by atoms with Crippen LogP contribution in [-0.2, 0) is 25.8 Å². The summed E-state index contributed by atoms with van der Waals surface area (Å²) >= 11 is 0. The van der Waals surface area contributed by atoms with Gasteiger partial charge in [0.15, 0.2) is 11.6 Å². The predicted molar refractivity (Wildman–Crippen MR) is 113 cm³/mol. The number of hydrogen-bond acceptors (Lipinski definition) is 6. The number of hydrogen-bond donors (Lipinski definition) is 1. The third kappa shape index (κ3) is 2.84. The average molecular weight is 435 g/mol. The zero-order valence-electron chi connectivity index (χ0n) is 18.1. The molecule has 1 aromatic rings. The van der Waals surface area contributed by atoms with Crippen LogP contribution in [0.25, 0.3) is 0 Å². The number of imide groups is 1. The summed E-state index contributed by atoms with van der Waals surface area (Å²) in [4.78, 5) is 53.8. The first-order valence-electron chi connectivity index (χ1n) is 11.1. The van der Waals surface area contributed by atoms with Crippen LogP contribution in [0.4, 0.5) is 0 Å². The van der Waals surface area contributed by atoms with Crippen LogP contribution in [-0.4, -0.2) is 39.9 Å². The normalized spacial score (nSPS) is 29.7. The molecular formula is C25H25NO6. The minimum atomic E-state index is -0.603. The van der Waals surface area contributed by atoms with Gasteiger partial charge in [-0.05, 0) is 50.3 Å². The minimum absolute atomic E-state index is 0.142. The standard InChI is InChI=1S/C25H25NO6/c1-3-8-26-24(30)15-6-5-14-16(20(15)25(26)31)10-17-21(18(28)9-12(2)23(17)29)22(14)19-7-4-13(11-27)32-19/h4-5,7,9,15-16,20,22,27H,3,6,8,10-11H2,1-2H3/t15-,16+,20-,22+/m0/s1. The summed E-state index contributed by atoms with van der Waals surface area (Å²) in [5.74, 6) is -1.83. The van der Waals surface area contributed by atoms with Gasteiger partial charge in [-0.25, -0.2) is 0 Å². The van der Waals surface area contributed by atoms with Crippen molar-refractivity contribution in [3.8, 4) is 0 Å². The molecule has 0 saturated carbocycles. The maximum absolute atomic E-state index is 13.3. The summed E-state index contributed by atoms with van der Waals surface area (Å²) < 4.78 is 5.83. The van der Waals surface area contributed by atoms with Crippen LogP contribution in [0.3, 0.4) is 0 Å². The molecule has 166 valence electrons. The molecule has 0 spiro atoms. The van der Waals surface area contributed by atoms with Crippen LogP contribution in [0.2, 0.25) is 0 Å². The molecule has 0 radical (unpaired) electrons. The maximum Gasteiger partial charge on any atom is 0.233 e. The largest absolute Gasteiger partial charge is 0.463 e. The van der Waals surface area contributed by atoms with Gasteiger partial charge < -0.3 is 9.52 Å². The molecule has 4 atom stereocenters. The third-order valence-electron chi connectivity index (χ3n) is 7.22. The Morgan fingerprint density at radius 3 is 2.59 bits per heavy atom. The summed E-state index contributed by atoms with van der Waals surface area (Å²) in [5.41, 5.74) is 2.04. The maximum atomic E-state index is 13.3. The van der Waals surface area contributed by atoms with Crippen molar-refractivity contribution in [2.45, 2.75) is 45.6 Å². The van der Waals surface area contributed by atoms with Crippen LogP contribution < -0.4 is 0 Å². The van der Waals surface area contributed by atoms with Gasteiger partial charge in [-0.3, -0.25) is 24.1 Å². The number of nitrogens with zero attached hydrogens (tertiary/aromatic N) is 1. The monoisotopic (exact) mass is 435 g/mol. The zero-order chi connectivity index (χ0) is 22.7. The van der Waals surface area contributed by atoms with Crippen molar-refractivity contribution in [2.75, 3.05) is 6.54 Å². The van der Waals surface area contributed by atoms with E-state index in [0.29, 0.717) is 47.6 Å². The molecule has 1 N–H and O–H groups in total. The Morgan fingerprint density at radius 1 is 1.12 bits per heavy atom. The van der Waals surface area contributed by atoms with E-state index in [1.807, 2.05) is 13.0 Å². The van der Waals surface area contributed by atoms with Crippen LogP contribution in [0.15, 0.2) is 51.0 Å². The first-order chi connectivity index (χ1) is 15.4. The van der Waals surface area contributed by atoms with Crippen molar-refractivity contribution in [1.29, 1.82) is 0 Å². The van der Waals surface area contributed by atoms with E-state index in [-0.39, 0.29) is 42.3 Å². The van der Waals surface area contributed by atoms with Gasteiger partial charge >= 0.3 is 0 Å². The number of Topliss-reactive ketones (excluding diaryl/α,β-unsaturated/α-hetero) is 1. The van der Waals surface area contributed by atoms with Crippen molar-refractivity contribution in [3.05, 3.63) is 58.1 Å². The van der Waals surface area contributed by atoms with Crippen LogP contribution in [0.5, 0.6) is 0 Å². The van der Waals surface area contributed by atoms with E-state index in [4.69, 9.17) is 4.42 Å². The molecule has 0 aromatic carbocycles. The van der Waals surface area contributed by atoms with Crippen molar-refractivity contribution < 1.29 is 28.7 Å². The summed E-state index contributed by atoms with van der Waals surface area (Å²) in [6.07, 6.45) is 4.70. The topological polar surface area (TPSA) is 105 Å². The molecule has 1 aromatic heterocycles. The second-order valence-corrected chi connectivity index (χ2v) is 9.02. The average Bonchev–Trinajstić information content (AvgIpc) is 3.35. The van der Waals surface area contributed by atoms with E-state index in [1.54, 1.807) is 19.1 Å².